The molecule has 1 N–H and O–H groups in total. The highest BCUT2D eigenvalue weighted by molar-refractivity contribution is 6.39. The molecule has 2 aromatic carbocycles. The monoisotopic (exact) mass is 319 g/mol. The molecule has 0 saturated carbocycles. The molecule has 0 atom stereocenters. The third-order valence-corrected chi connectivity index (χ3v) is 3.65. The van der Waals surface area contributed by atoms with Crippen molar-refractivity contribution < 1.29 is 0 Å². The van der Waals surface area contributed by atoms with Gasteiger partial charge in [0.25, 0.3) is 0 Å². The van der Waals surface area contributed by atoms with Crippen LogP contribution in [0.5, 0.6) is 0 Å². The van der Waals surface area contributed by atoms with Crippen molar-refractivity contribution in [2.45, 2.75) is 6.54 Å². The minimum atomic E-state index is 0.527. The third kappa shape index (κ3) is 3.24. The number of para-hydroxylation sites is 1. The van der Waals surface area contributed by atoms with Crippen LogP contribution in [-0.4, -0.2) is 0 Å². The van der Waals surface area contributed by atoms with Crippen molar-refractivity contribution in [3.63, 3.8) is 0 Å². The molecule has 2 aromatic rings. The Morgan fingerprint density at radius 3 is 2.11 bits per heavy atom. The van der Waals surface area contributed by atoms with Gasteiger partial charge in [0.05, 0.1) is 15.7 Å². The molecule has 1 nitrogen and oxygen atoms in total. The number of hydrogen-bond acceptors (Lipinski definition) is 1. The van der Waals surface area contributed by atoms with Crippen LogP contribution in [0.15, 0.2) is 36.4 Å². The number of halogens is 4. The fourth-order valence-electron chi connectivity index (χ4n) is 1.52. The van der Waals surface area contributed by atoms with Gasteiger partial charge in [-0.2, -0.15) is 0 Å². The van der Waals surface area contributed by atoms with Gasteiger partial charge in [-0.3, -0.25) is 0 Å². The Morgan fingerprint density at radius 1 is 0.833 bits per heavy atom. The lowest BCUT2D eigenvalue weighted by Gasteiger charge is -2.11. The maximum absolute atomic E-state index is 6.08. The highest BCUT2D eigenvalue weighted by Gasteiger charge is 2.06. The number of nitrogens with one attached hydrogen (secondary N) is 1. The smallest absolute Gasteiger partial charge is 0.0721 e. The van der Waals surface area contributed by atoms with Crippen molar-refractivity contribution in [2.24, 2.45) is 0 Å². The van der Waals surface area contributed by atoms with Crippen LogP contribution in [0.25, 0.3) is 0 Å². The molecule has 0 aliphatic heterocycles. The molecule has 0 saturated heterocycles. The summed E-state index contributed by atoms with van der Waals surface area (Å²) in [4.78, 5) is 0. The summed E-state index contributed by atoms with van der Waals surface area (Å²) in [7, 11) is 0. The second-order valence-corrected chi connectivity index (χ2v) is 5.34. The SMILES string of the molecule is Clc1ccc(CNc2c(Cl)cccc2Cl)c(Cl)c1. The molecule has 0 spiro atoms. The van der Waals surface area contributed by atoms with E-state index in [2.05, 4.69) is 5.32 Å². The van der Waals surface area contributed by atoms with Crippen LogP contribution in [0, 0.1) is 0 Å². The average molecular weight is 321 g/mol. The first-order valence-electron chi connectivity index (χ1n) is 5.20. The van der Waals surface area contributed by atoms with E-state index in [1.807, 2.05) is 6.07 Å². The maximum Gasteiger partial charge on any atom is 0.0721 e. The molecular formula is C13H9Cl4N. The Morgan fingerprint density at radius 2 is 1.50 bits per heavy atom. The van der Waals surface area contributed by atoms with Gasteiger partial charge in [-0.15, -0.1) is 0 Å². The lowest BCUT2D eigenvalue weighted by atomic mass is 10.2. The zero-order chi connectivity index (χ0) is 13.1. The molecule has 18 heavy (non-hydrogen) atoms. The molecule has 0 aromatic heterocycles. The summed E-state index contributed by atoms with van der Waals surface area (Å²) in [6.45, 7) is 0.527. The highest BCUT2D eigenvalue weighted by Crippen LogP contribution is 2.31. The molecule has 0 bridgehead atoms. The van der Waals surface area contributed by atoms with E-state index in [1.54, 1.807) is 30.3 Å². The standard InChI is InChI=1S/C13H9Cl4N/c14-9-5-4-8(12(17)6-9)7-18-13-10(15)2-1-3-11(13)16/h1-6,18H,7H2. The van der Waals surface area contributed by atoms with Crippen molar-refractivity contribution in [1.82, 2.24) is 0 Å². The van der Waals surface area contributed by atoms with Gasteiger partial charge in [0, 0.05) is 16.6 Å². The van der Waals surface area contributed by atoms with E-state index < -0.39 is 0 Å². The van der Waals surface area contributed by atoms with Crippen LogP contribution in [0.4, 0.5) is 5.69 Å². The summed E-state index contributed by atoms with van der Waals surface area (Å²) >= 11 is 24.0. The fraction of sp³-hybridized carbons (Fsp3) is 0.0769. The van der Waals surface area contributed by atoms with Crippen molar-refractivity contribution >= 4 is 52.1 Å². The van der Waals surface area contributed by atoms with Gasteiger partial charge in [-0.25, -0.2) is 0 Å². The van der Waals surface area contributed by atoms with Gasteiger partial charge in [0.2, 0.25) is 0 Å². The van der Waals surface area contributed by atoms with Gasteiger partial charge >= 0.3 is 0 Å². The summed E-state index contributed by atoms with van der Waals surface area (Å²) in [5.41, 5.74) is 1.63. The maximum atomic E-state index is 6.08. The number of anilines is 1. The Bertz CT molecular complexity index is 549. The Balaban J connectivity index is 2.16. The van der Waals surface area contributed by atoms with E-state index in [9.17, 15) is 0 Å². The van der Waals surface area contributed by atoms with E-state index in [0.29, 0.717) is 32.3 Å². The average Bonchev–Trinajstić information content (AvgIpc) is 2.31. The van der Waals surface area contributed by atoms with Crippen LogP contribution in [0.3, 0.4) is 0 Å². The molecule has 94 valence electrons. The quantitative estimate of drug-likeness (QED) is 0.741. The molecule has 0 aliphatic rings. The first-order valence-corrected chi connectivity index (χ1v) is 6.71. The lowest BCUT2D eigenvalue weighted by molar-refractivity contribution is 1.15. The predicted molar refractivity (Wildman–Crippen MR) is 80.3 cm³/mol. The second-order valence-electron chi connectivity index (χ2n) is 3.69. The highest BCUT2D eigenvalue weighted by atomic mass is 35.5. The number of hydrogen-bond donors (Lipinski definition) is 1. The van der Waals surface area contributed by atoms with Crippen molar-refractivity contribution in [2.75, 3.05) is 5.32 Å². The van der Waals surface area contributed by atoms with Crippen molar-refractivity contribution in [3.8, 4) is 0 Å². The molecule has 0 unspecified atom stereocenters. The molecule has 0 aliphatic carbocycles. The Hall–Kier alpha value is -0.600. The molecular weight excluding hydrogens is 312 g/mol. The van der Waals surface area contributed by atoms with E-state index in [0.717, 1.165) is 5.56 Å². The van der Waals surface area contributed by atoms with Crippen LogP contribution < -0.4 is 5.32 Å². The topological polar surface area (TPSA) is 12.0 Å². The van der Waals surface area contributed by atoms with Crippen LogP contribution in [0.2, 0.25) is 20.1 Å². The second kappa shape index (κ2) is 6.03. The van der Waals surface area contributed by atoms with Gasteiger partial charge in [-0.1, -0.05) is 58.5 Å². The third-order valence-electron chi connectivity index (χ3n) is 2.43. The molecule has 2 rings (SSSR count). The van der Waals surface area contributed by atoms with Gasteiger partial charge in [0.1, 0.15) is 0 Å². The molecule has 5 heteroatoms. The Labute approximate surface area is 126 Å². The summed E-state index contributed by atoms with van der Waals surface area (Å²) in [5, 5.41) is 5.54. The summed E-state index contributed by atoms with van der Waals surface area (Å²) in [5.74, 6) is 0. The molecule has 0 amide bonds. The van der Waals surface area contributed by atoms with Gasteiger partial charge in [-0.05, 0) is 29.8 Å². The first kappa shape index (κ1) is 13.8. The minimum Gasteiger partial charge on any atom is -0.378 e. The van der Waals surface area contributed by atoms with Gasteiger partial charge in [0.15, 0.2) is 0 Å². The Kier molecular flexibility index (Phi) is 4.63. The van der Waals surface area contributed by atoms with Crippen molar-refractivity contribution in [1.29, 1.82) is 0 Å². The predicted octanol–water partition coefficient (Wildman–Crippen LogP) is 5.91. The molecule has 0 radical (unpaired) electrons. The van der Waals surface area contributed by atoms with E-state index >= 15 is 0 Å². The zero-order valence-corrected chi connectivity index (χ0v) is 12.2. The normalized spacial score (nSPS) is 10.4. The number of rotatable bonds is 3. The first-order chi connectivity index (χ1) is 8.58. The fourth-order valence-corrected chi connectivity index (χ4v) is 2.52. The van der Waals surface area contributed by atoms with E-state index in [-0.39, 0.29) is 0 Å². The lowest BCUT2D eigenvalue weighted by Crippen LogP contribution is -2.01. The number of benzene rings is 2. The largest absolute Gasteiger partial charge is 0.378 e. The van der Waals surface area contributed by atoms with E-state index in [4.69, 9.17) is 46.4 Å². The van der Waals surface area contributed by atoms with Crippen LogP contribution in [-0.2, 0) is 6.54 Å². The minimum absolute atomic E-state index is 0.527. The zero-order valence-electron chi connectivity index (χ0n) is 9.18. The molecule has 0 fully saturated rings. The summed E-state index contributed by atoms with van der Waals surface area (Å²) < 4.78 is 0. The van der Waals surface area contributed by atoms with E-state index in [1.165, 1.54) is 0 Å². The van der Waals surface area contributed by atoms with Crippen LogP contribution >= 0.6 is 46.4 Å². The molecule has 0 heterocycles. The summed E-state index contributed by atoms with van der Waals surface area (Å²) in [6, 6.07) is 10.7. The van der Waals surface area contributed by atoms with Crippen molar-refractivity contribution in [3.05, 3.63) is 62.1 Å². The van der Waals surface area contributed by atoms with Gasteiger partial charge < -0.3 is 5.32 Å². The van der Waals surface area contributed by atoms with Crippen LogP contribution in [0.1, 0.15) is 5.56 Å². The summed E-state index contributed by atoms with van der Waals surface area (Å²) in [6.07, 6.45) is 0.